The smallest absolute Gasteiger partial charge is 0.407 e. The van der Waals surface area contributed by atoms with Crippen LogP contribution in [0, 0.1) is 5.82 Å². The number of rotatable bonds is 7. The quantitative estimate of drug-likeness (QED) is 0.537. The summed E-state index contributed by atoms with van der Waals surface area (Å²) in [4.78, 5) is 27.4. The van der Waals surface area contributed by atoms with Crippen LogP contribution >= 0.6 is 0 Å². The van der Waals surface area contributed by atoms with Gasteiger partial charge in [0.1, 0.15) is 17.8 Å². The van der Waals surface area contributed by atoms with Crippen molar-refractivity contribution in [3.05, 3.63) is 17.4 Å². The van der Waals surface area contributed by atoms with Crippen LogP contribution in [-0.2, 0) is 4.74 Å². The lowest BCUT2D eigenvalue weighted by molar-refractivity contribution is 0.0492. The lowest BCUT2D eigenvalue weighted by atomic mass is 9.91. The molecule has 0 spiro atoms. The number of hydrogen-bond donors (Lipinski definition) is 4. The summed E-state index contributed by atoms with van der Waals surface area (Å²) in [7, 11) is 0. The average molecular weight is 412 g/mol. The predicted octanol–water partition coefficient (Wildman–Crippen LogP) is 1.94. The number of nitrogens with one attached hydrogen (secondary N) is 2. The van der Waals surface area contributed by atoms with Crippen molar-refractivity contribution < 1.29 is 28.6 Å². The van der Waals surface area contributed by atoms with E-state index in [0.29, 0.717) is 25.7 Å². The molecule has 9 nitrogen and oxygen atoms in total. The molecule has 1 aromatic rings. The molecule has 162 valence electrons. The highest BCUT2D eigenvalue weighted by Gasteiger charge is 2.26. The summed E-state index contributed by atoms with van der Waals surface area (Å²) in [6.45, 7) is 5.03. The molecule has 0 saturated heterocycles. The molecule has 0 radical (unpaired) electrons. The van der Waals surface area contributed by atoms with E-state index in [1.807, 2.05) is 0 Å². The number of hydrogen-bond acceptors (Lipinski definition) is 7. The van der Waals surface area contributed by atoms with Gasteiger partial charge in [-0.15, -0.1) is 0 Å². The van der Waals surface area contributed by atoms with Crippen LogP contribution < -0.4 is 21.1 Å². The van der Waals surface area contributed by atoms with Crippen molar-refractivity contribution in [3.63, 3.8) is 0 Å². The molecule has 10 heteroatoms. The summed E-state index contributed by atoms with van der Waals surface area (Å²) in [5.74, 6) is -1.77. The average Bonchev–Trinajstić information content (AvgIpc) is 2.61. The monoisotopic (exact) mass is 412 g/mol. The Morgan fingerprint density at radius 2 is 1.90 bits per heavy atom. The van der Waals surface area contributed by atoms with E-state index in [4.69, 9.17) is 20.3 Å². The number of pyridine rings is 1. The number of aliphatic hydroxyl groups excluding tert-OH is 1. The third-order valence-corrected chi connectivity index (χ3v) is 4.33. The minimum Gasteiger partial charge on any atom is -0.475 e. The fraction of sp³-hybridized carbons (Fsp3) is 0.632. The summed E-state index contributed by atoms with van der Waals surface area (Å²) in [6.07, 6.45) is 2.32. The Labute approximate surface area is 169 Å². The summed E-state index contributed by atoms with van der Waals surface area (Å²) < 4.78 is 24.8. The highest BCUT2D eigenvalue weighted by Crippen LogP contribution is 2.26. The molecule has 0 aliphatic heterocycles. The van der Waals surface area contributed by atoms with Crippen LogP contribution in [0.4, 0.5) is 15.0 Å². The number of carbonyl (C=O) groups is 2. The normalized spacial score (nSPS) is 19.3. The lowest BCUT2D eigenvalue weighted by Crippen LogP contribution is -2.42. The van der Waals surface area contributed by atoms with Gasteiger partial charge in [-0.05, 0) is 52.5 Å². The van der Waals surface area contributed by atoms with Gasteiger partial charge in [-0.1, -0.05) is 0 Å². The van der Waals surface area contributed by atoms with Gasteiger partial charge in [-0.25, -0.2) is 9.18 Å². The summed E-state index contributed by atoms with van der Waals surface area (Å²) in [6, 6.07) is 0.903. The van der Waals surface area contributed by atoms with Gasteiger partial charge in [0.15, 0.2) is 11.6 Å². The molecule has 1 aromatic heterocycles. The number of alkyl carbamates (subject to hydrolysis) is 1. The maximum Gasteiger partial charge on any atom is 0.407 e. The second-order valence-electron chi connectivity index (χ2n) is 7.95. The van der Waals surface area contributed by atoms with Gasteiger partial charge in [0.25, 0.3) is 5.91 Å². The Hall–Kier alpha value is -2.62. The molecule has 0 bridgehead atoms. The number of halogens is 1. The first kappa shape index (κ1) is 22.7. The van der Waals surface area contributed by atoms with Crippen LogP contribution in [0.15, 0.2) is 6.07 Å². The van der Waals surface area contributed by atoms with E-state index in [-0.39, 0.29) is 42.6 Å². The summed E-state index contributed by atoms with van der Waals surface area (Å²) >= 11 is 0. The number of amides is 2. The van der Waals surface area contributed by atoms with Crippen LogP contribution in [-0.4, -0.2) is 53.0 Å². The van der Waals surface area contributed by atoms with Crippen LogP contribution in [0.25, 0.3) is 0 Å². The van der Waals surface area contributed by atoms with Crippen molar-refractivity contribution in [1.29, 1.82) is 0 Å². The molecular weight excluding hydrogens is 383 g/mol. The molecule has 0 aromatic carbocycles. The summed E-state index contributed by atoms with van der Waals surface area (Å²) in [5.41, 5.74) is 4.48. The number of nitrogens with zero attached hydrogens (tertiary/aromatic N) is 1. The van der Waals surface area contributed by atoms with Crippen LogP contribution in [0.3, 0.4) is 0 Å². The van der Waals surface area contributed by atoms with Crippen LogP contribution in [0.1, 0.15) is 56.8 Å². The molecule has 0 unspecified atom stereocenters. The molecule has 0 atom stereocenters. The highest BCUT2D eigenvalue weighted by atomic mass is 19.1. The standard InChI is InChI=1S/C19H29FN4O5/c1-19(2,3)29-18(27)23-12-6-4-11(5-7-12)22-16-14(20)10-13(15(21)26)17(24-16)28-9-8-25/h10-12,25H,4-9H2,1-3H3,(H2,21,26)(H,22,24)(H,23,27). The van der Waals surface area contributed by atoms with Crippen LogP contribution in [0.2, 0.25) is 0 Å². The van der Waals surface area contributed by atoms with Crippen molar-refractivity contribution in [2.75, 3.05) is 18.5 Å². The zero-order valence-electron chi connectivity index (χ0n) is 17.0. The first-order chi connectivity index (χ1) is 13.6. The molecule has 1 aliphatic rings. The number of carbonyl (C=O) groups excluding carboxylic acids is 2. The van der Waals surface area contributed by atoms with Gasteiger partial charge in [-0.3, -0.25) is 4.79 Å². The van der Waals surface area contributed by atoms with E-state index in [0.717, 1.165) is 6.07 Å². The third-order valence-electron chi connectivity index (χ3n) is 4.33. The van der Waals surface area contributed by atoms with Gasteiger partial charge >= 0.3 is 6.09 Å². The molecule has 1 saturated carbocycles. The van der Waals surface area contributed by atoms with Gasteiger partial charge in [0, 0.05) is 12.1 Å². The van der Waals surface area contributed by atoms with E-state index < -0.39 is 23.4 Å². The first-order valence-electron chi connectivity index (χ1n) is 9.59. The third kappa shape index (κ3) is 7.04. The molecule has 1 heterocycles. The van der Waals surface area contributed by atoms with Crippen molar-refractivity contribution in [1.82, 2.24) is 10.3 Å². The van der Waals surface area contributed by atoms with Crippen molar-refractivity contribution in [2.45, 2.75) is 64.1 Å². The number of nitrogens with two attached hydrogens (primary N) is 1. The maximum absolute atomic E-state index is 14.4. The molecule has 29 heavy (non-hydrogen) atoms. The van der Waals surface area contributed by atoms with Crippen molar-refractivity contribution in [2.24, 2.45) is 5.73 Å². The number of aromatic nitrogens is 1. The van der Waals surface area contributed by atoms with E-state index in [9.17, 15) is 14.0 Å². The van der Waals surface area contributed by atoms with E-state index in [2.05, 4.69) is 15.6 Å². The van der Waals surface area contributed by atoms with Crippen LogP contribution in [0.5, 0.6) is 5.88 Å². The number of ether oxygens (including phenoxy) is 2. The summed E-state index contributed by atoms with van der Waals surface area (Å²) in [5, 5.41) is 14.8. The minimum atomic E-state index is -0.871. The maximum atomic E-state index is 14.4. The van der Waals surface area contributed by atoms with Gasteiger partial charge in [0.05, 0.1) is 6.61 Å². The molecule has 1 fully saturated rings. The van der Waals surface area contributed by atoms with Crippen molar-refractivity contribution >= 4 is 17.8 Å². The van der Waals surface area contributed by atoms with E-state index in [1.165, 1.54) is 0 Å². The SMILES string of the molecule is CC(C)(C)OC(=O)NC1CCC(Nc2nc(OCCO)c(C(N)=O)cc2F)CC1. The Kier molecular flexibility index (Phi) is 7.60. The molecule has 2 amide bonds. The fourth-order valence-corrected chi connectivity index (χ4v) is 3.05. The second-order valence-corrected chi connectivity index (χ2v) is 7.95. The zero-order valence-corrected chi connectivity index (χ0v) is 17.0. The lowest BCUT2D eigenvalue weighted by Gasteiger charge is -2.31. The van der Waals surface area contributed by atoms with Gasteiger partial charge in [0.2, 0.25) is 5.88 Å². The Balaban J connectivity index is 1.96. The molecular formula is C19H29FN4O5. The van der Waals surface area contributed by atoms with Crippen molar-refractivity contribution in [3.8, 4) is 5.88 Å². The number of anilines is 1. The molecule has 5 N–H and O–H groups in total. The minimum absolute atomic E-state index is 0.0126. The fourth-order valence-electron chi connectivity index (χ4n) is 3.05. The Morgan fingerprint density at radius 1 is 1.28 bits per heavy atom. The topological polar surface area (TPSA) is 136 Å². The Morgan fingerprint density at radius 3 is 2.45 bits per heavy atom. The van der Waals surface area contributed by atoms with Gasteiger partial charge in [-0.2, -0.15) is 4.98 Å². The number of primary amides is 1. The van der Waals surface area contributed by atoms with E-state index in [1.54, 1.807) is 20.8 Å². The van der Waals surface area contributed by atoms with E-state index >= 15 is 0 Å². The largest absolute Gasteiger partial charge is 0.475 e. The van der Waals surface area contributed by atoms with Gasteiger partial charge < -0.3 is 30.9 Å². The molecule has 2 rings (SSSR count). The highest BCUT2D eigenvalue weighted by molar-refractivity contribution is 5.95. The Bertz CT molecular complexity index is 730. The molecule has 1 aliphatic carbocycles. The number of aliphatic hydroxyl groups is 1. The predicted molar refractivity (Wildman–Crippen MR) is 104 cm³/mol. The second kappa shape index (κ2) is 9.73. The zero-order chi connectivity index (χ0) is 21.6. The first-order valence-corrected chi connectivity index (χ1v) is 9.59.